The van der Waals surface area contributed by atoms with Crippen molar-refractivity contribution >= 4 is 29.1 Å². The number of nitrogen functional groups attached to an aromatic ring is 1. The van der Waals surface area contributed by atoms with Crippen LogP contribution in [-0.2, 0) is 5.75 Å². The number of rotatable bonds is 3. The van der Waals surface area contributed by atoms with Gasteiger partial charge in [0.15, 0.2) is 5.16 Å². The van der Waals surface area contributed by atoms with Gasteiger partial charge in [-0.05, 0) is 23.8 Å². The molecule has 0 aliphatic rings. The molecule has 0 radical (unpaired) electrons. The van der Waals surface area contributed by atoms with Crippen LogP contribution in [0.3, 0.4) is 0 Å². The maximum atomic E-state index is 11.1. The van der Waals surface area contributed by atoms with Gasteiger partial charge in [-0.1, -0.05) is 23.4 Å². The maximum absolute atomic E-state index is 11.1. The average molecular weight is 268 g/mol. The number of nitrogens with zero attached hydrogens (tertiary/aromatic N) is 1. The normalized spacial score (nSPS) is 10.4. The fraction of sp³-hybridized carbons (Fsp3) is 0.0909. The third-order valence-corrected chi connectivity index (χ3v) is 3.29. The summed E-state index contributed by atoms with van der Waals surface area (Å²) in [7, 11) is 0. The Hall–Kier alpha value is -1.46. The van der Waals surface area contributed by atoms with Crippen LogP contribution in [0, 0.1) is 0 Å². The third-order valence-electron chi connectivity index (χ3n) is 2.12. The minimum atomic E-state index is -0.165. The topological polar surface area (TPSA) is 71.8 Å². The van der Waals surface area contributed by atoms with E-state index in [1.165, 1.54) is 24.0 Å². The van der Waals surface area contributed by atoms with E-state index in [0.717, 1.165) is 5.56 Å². The van der Waals surface area contributed by atoms with Crippen molar-refractivity contribution in [2.75, 3.05) is 5.73 Å². The van der Waals surface area contributed by atoms with Gasteiger partial charge >= 0.3 is 0 Å². The van der Waals surface area contributed by atoms with Gasteiger partial charge in [-0.15, -0.1) is 0 Å². The highest BCUT2D eigenvalue weighted by atomic mass is 35.5. The predicted molar refractivity (Wildman–Crippen MR) is 70.3 cm³/mol. The van der Waals surface area contributed by atoms with Crippen molar-refractivity contribution in [3.63, 3.8) is 0 Å². The largest absolute Gasteiger partial charge is 0.398 e. The van der Waals surface area contributed by atoms with Crippen LogP contribution in [0.25, 0.3) is 0 Å². The van der Waals surface area contributed by atoms with Crippen molar-refractivity contribution in [1.82, 2.24) is 9.97 Å². The number of H-pyrrole nitrogens is 1. The second kappa shape index (κ2) is 5.25. The number of hydrogen-bond donors (Lipinski definition) is 2. The number of hydrogen-bond acceptors (Lipinski definition) is 4. The first-order chi connectivity index (χ1) is 8.15. The van der Waals surface area contributed by atoms with Crippen molar-refractivity contribution in [1.29, 1.82) is 0 Å². The Kier molecular flexibility index (Phi) is 3.71. The molecule has 0 spiro atoms. The minimum absolute atomic E-state index is 0.165. The summed E-state index contributed by atoms with van der Waals surface area (Å²) in [6.45, 7) is 0. The summed E-state index contributed by atoms with van der Waals surface area (Å²) >= 11 is 7.29. The lowest BCUT2D eigenvalue weighted by atomic mass is 10.2. The van der Waals surface area contributed by atoms with Gasteiger partial charge in [-0.2, -0.15) is 0 Å². The first kappa shape index (κ1) is 12.0. The number of nitrogens with two attached hydrogens (primary N) is 1. The first-order valence-electron chi connectivity index (χ1n) is 4.87. The van der Waals surface area contributed by atoms with Crippen LogP contribution in [-0.4, -0.2) is 9.97 Å². The van der Waals surface area contributed by atoms with E-state index in [0.29, 0.717) is 21.6 Å². The summed E-state index contributed by atoms with van der Waals surface area (Å²) in [4.78, 5) is 17.7. The van der Waals surface area contributed by atoms with Gasteiger partial charge in [-0.25, -0.2) is 4.98 Å². The number of nitrogens with one attached hydrogen (secondary N) is 1. The van der Waals surface area contributed by atoms with Crippen molar-refractivity contribution in [3.05, 3.63) is 51.4 Å². The van der Waals surface area contributed by atoms with E-state index < -0.39 is 0 Å². The number of aromatic amines is 1. The van der Waals surface area contributed by atoms with Crippen LogP contribution in [0.1, 0.15) is 5.56 Å². The Morgan fingerprint density at radius 2 is 2.24 bits per heavy atom. The Labute approximate surface area is 107 Å². The number of anilines is 1. The quantitative estimate of drug-likeness (QED) is 0.508. The van der Waals surface area contributed by atoms with E-state index in [4.69, 9.17) is 17.3 Å². The number of halogens is 1. The Bertz CT molecular complexity index is 585. The minimum Gasteiger partial charge on any atom is -0.398 e. The third kappa shape index (κ3) is 3.25. The molecule has 2 aromatic rings. The van der Waals surface area contributed by atoms with E-state index in [2.05, 4.69) is 9.97 Å². The van der Waals surface area contributed by atoms with E-state index >= 15 is 0 Å². The first-order valence-corrected chi connectivity index (χ1v) is 6.23. The second-order valence-corrected chi connectivity index (χ2v) is 4.77. The average Bonchev–Trinajstić information content (AvgIpc) is 2.30. The van der Waals surface area contributed by atoms with Gasteiger partial charge in [0.05, 0.1) is 0 Å². The molecule has 2 rings (SSSR count). The Balaban J connectivity index is 2.12. The Morgan fingerprint density at radius 3 is 3.00 bits per heavy atom. The standard InChI is InChI=1S/C11H10ClN3OS/c12-8-1-2-9(13)7(5-8)6-17-11-14-4-3-10(16)15-11/h1-5H,6,13H2,(H,14,15,16). The lowest BCUT2D eigenvalue weighted by molar-refractivity contribution is 0.936. The lowest BCUT2D eigenvalue weighted by Gasteiger charge is -2.05. The van der Waals surface area contributed by atoms with E-state index in [-0.39, 0.29) is 5.56 Å². The number of aromatic nitrogens is 2. The van der Waals surface area contributed by atoms with E-state index in [1.54, 1.807) is 12.1 Å². The van der Waals surface area contributed by atoms with Gasteiger partial charge in [-0.3, -0.25) is 4.79 Å². The molecule has 0 aliphatic carbocycles. The molecule has 0 unspecified atom stereocenters. The van der Waals surface area contributed by atoms with Crippen molar-refractivity contribution < 1.29 is 0 Å². The highest BCUT2D eigenvalue weighted by molar-refractivity contribution is 7.98. The molecule has 17 heavy (non-hydrogen) atoms. The summed E-state index contributed by atoms with van der Waals surface area (Å²) in [6, 6.07) is 6.69. The van der Waals surface area contributed by atoms with Gasteiger partial charge < -0.3 is 10.7 Å². The van der Waals surface area contributed by atoms with Gasteiger partial charge in [0.25, 0.3) is 5.56 Å². The summed E-state index contributed by atoms with van der Waals surface area (Å²) in [6.07, 6.45) is 1.47. The maximum Gasteiger partial charge on any atom is 0.251 e. The summed E-state index contributed by atoms with van der Waals surface area (Å²) in [5, 5.41) is 1.21. The zero-order valence-electron chi connectivity index (χ0n) is 8.81. The van der Waals surface area contributed by atoms with Crippen LogP contribution in [0.4, 0.5) is 5.69 Å². The van der Waals surface area contributed by atoms with Crippen LogP contribution in [0.5, 0.6) is 0 Å². The van der Waals surface area contributed by atoms with Crippen molar-refractivity contribution in [3.8, 4) is 0 Å². The van der Waals surface area contributed by atoms with Gasteiger partial charge in [0.1, 0.15) is 0 Å². The van der Waals surface area contributed by atoms with Crippen molar-refractivity contribution in [2.24, 2.45) is 0 Å². The van der Waals surface area contributed by atoms with Gasteiger partial charge in [0.2, 0.25) is 0 Å². The second-order valence-electron chi connectivity index (χ2n) is 3.37. The molecular weight excluding hydrogens is 258 g/mol. The highest BCUT2D eigenvalue weighted by Crippen LogP contribution is 2.24. The molecule has 0 bridgehead atoms. The van der Waals surface area contributed by atoms with Crippen LogP contribution in [0.2, 0.25) is 5.02 Å². The molecule has 4 nitrogen and oxygen atoms in total. The van der Waals surface area contributed by atoms with Crippen molar-refractivity contribution in [2.45, 2.75) is 10.9 Å². The molecule has 0 amide bonds. The fourth-order valence-corrected chi connectivity index (χ4v) is 2.32. The number of benzene rings is 1. The zero-order valence-corrected chi connectivity index (χ0v) is 10.4. The highest BCUT2D eigenvalue weighted by Gasteiger charge is 2.03. The smallest absolute Gasteiger partial charge is 0.251 e. The molecule has 0 saturated carbocycles. The molecule has 6 heteroatoms. The molecule has 1 heterocycles. The number of thioether (sulfide) groups is 1. The lowest BCUT2D eigenvalue weighted by Crippen LogP contribution is -2.05. The van der Waals surface area contributed by atoms with E-state index in [9.17, 15) is 4.79 Å². The SMILES string of the molecule is Nc1ccc(Cl)cc1CSc1nccc(=O)[nH]1. The fourth-order valence-electron chi connectivity index (χ4n) is 1.27. The molecule has 0 fully saturated rings. The summed E-state index contributed by atoms with van der Waals surface area (Å²) in [5.74, 6) is 0.610. The van der Waals surface area contributed by atoms with Crippen LogP contribution < -0.4 is 11.3 Å². The summed E-state index contributed by atoms with van der Waals surface area (Å²) in [5.41, 5.74) is 7.26. The zero-order chi connectivity index (χ0) is 12.3. The molecule has 0 atom stereocenters. The molecular formula is C11H10ClN3OS. The van der Waals surface area contributed by atoms with E-state index in [1.807, 2.05) is 6.07 Å². The Morgan fingerprint density at radius 1 is 1.41 bits per heavy atom. The van der Waals surface area contributed by atoms with Crippen LogP contribution >= 0.6 is 23.4 Å². The molecule has 1 aromatic heterocycles. The van der Waals surface area contributed by atoms with Crippen LogP contribution in [0.15, 0.2) is 40.4 Å². The molecule has 1 aromatic carbocycles. The predicted octanol–water partition coefficient (Wildman–Crippen LogP) is 2.30. The monoisotopic (exact) mass is 267 g/mol. The van der Waals surface area contributed by atoms with Gasteiger partial charge in [0, 0.05) is 28.7 Å². The molecule has 88 valence electrons. The molecule has 3 N–H and O–H groups in total. The summed E-state index contributed by atoms with van der Waals surface area (Å²) < 4.78 is 0. The molecule has 0 aliphatic heterocycles. The molecule has 0 saturated heterocycles.